The third-order valence-electron chi connectivity index (χ3n) is 5.02. The molecule has 0 aromatic rings. The highest BCUT2D eigenvalue weighted by Crippen LogP contribution is 2.29. The smallest absolute Gasteiger partial charge is 0.245 e. The van der Waals surface area contributed by atoms with Crippen LogP contribution in [0.4, 0.5) is 0 Å². The molecular weight excluding hydrogens is 252 g/mol. The van der Waals surface area contributed by atoms with Gasteiger partial charge in [0.05, 0.1) is 0 Å². The molecule has 0 aromatic carbocycles. The zero-order valence-corrected chi connectivity index (χ0v) is 13.0. The van der Waals surface area contributed by atoms with Crippen LogP contribution in [0.2, 0.25) is 0 Å². The van der Waals surface area contributed by atoms with Gasteiger partial charge >= 0.3 is 0 Å². The van der Waals surface area contributed by atoms with E-state index in [4.69, 9.17) is 0 Å². The van der Waals surface area contributed by atoms with Gasteiger partial charge in [0.2, 0.25) is 11.8 Å². The van der Waals surface area contributed by atoms with E-state index in [1.54, 1.807) is 0 Å². The average molecular weight is 280 g/mol. The van der Waals surface area contributed by atoms with Gasteiger partial charge in [-0.1, -0.05) is 40.0 Å². The molecule has 114 valence electrons. The summed E-state index contributed by atoms with van der Waals surface area (Å²) in [4.78, 5) is 26.9. The number of nitrogens with one attached hydrogen (secondary N) is 1. The number of hydrogen-bond acceptors (Lipinski definition) is 2. The molecule has 2 aliphatic rings. The molecule has 1 saturated heterocycles. The van der Waals surface area contributed by atoms with Crippen LogP contribution in [0.3, 0.4) is 0 Å². The number of amides is 2. The molecule has 2 fully saturated rings. The first-order valence-electron chi connectivity index (χ1n) is 8.19. The topological polar surface area (TPSA) is 49.4 Å². The van der Waals surface area contributed by atoms with E-state index in [2.05, 4.69) is 19.2 Å². The van der Waals surface area contributed by atoms with E-state index in [9.17, 15) is 9.59 Å². The van der Waals surface area contributed by atoms with Crippen molar-refractivity contribution >= 4 is 11.8 Å². The Kier molecular flexibility index (Phi) is 5.06. The SMILES string of the molecule is CCC1NC(=O)C(C(C)CC)N(CC2CCCC2)C1=O. The maximum atomic E-state index is 12.6. The number of hydrogen-bond donors (Lipinski definition) is 1. The summed E-state index contributed by atoms with van der Waals surface area (Å²) in [7, 11) is 0. The van der Waals surface area contributed by atoms with Crippen LogP contribution in [-0.4, -0.2) is 35.3 Å². The van der Waals surface area contributed by atoms with E-state index in [0.29, 0.717) is 12.3 Å². The summed E-state index contributed by atoms with van der Waals surface area (Å²) >= 11 is 0. The van der Waals surface area contributed by atoms with Crippen LogP contribution >= 0.6 is 0 Å². The summed E-state index contributed by atoms with van der Waals surface area (Å²) in [6.07, 6.45) is 6.54. The monoisotopic (exact) mass is 280 g/mol. The molecule has 0 bridgehead atoms. The van der Waals surface area contributed by atoms with Crippen molar-refractivity contribution in [3.8, 4) is 0 Å². The summed E-state index contributed by atoms with van der Waals surface area (Å²) in [5.74, 6) is 0.986. The molecule has 2 rings (SSSR count). The molecule has 0 spiro atoms. The summed E-state index contributed by atoms with van der Waals surface area (Å²) in [5.41, 5.74) is 0. The first-order valence-corrected chi connectivity index (χ1v) is 8.19. The van der Waals surface area contributed by atoms with Gasteiger partial charge in [0.1, 0.15) is 12.1 Å². The van der Waals surface area contributed by atoms with Crippen LogP contribution in [0.1, 0.15) is 59.3 Å². The van der Waals surface area contributed by atoms with Crippen molar-refractivity contribution in [3.63, 3.8) is 0 Å². The molecule has 1 aliphatic heterocycles. The number of nitrogens with zero attached hydrogens (tertiary/aromatic N) is 1. The highest BCUT2D eigenvalue weighted by atomic mass is 16.2. The van der Waals surface area contributed by atoms with Gasteiger partial charge in [-0.05, 0) is 31.1 Å². The number of rotatable bonds is 5. The van der Waals surface area contributed by atoms with Crippen LogP contribution < -0.4 is 5.32 Å². The number of carbonyl (C=O) groups is 2. The minimum atomic E-state index is -0.316. The second-order valence-electron chi connectivity index (χ2n) is 6.44. The highest BCUT2D eigenvalue weighted by Gasteiger charge is 2.42. The average Bonchev–Trinajstić information content (AvgIpc) is 2.94. The predicted molar refractivity (Wildman–Crippen MR) is 79.1 cm³/mol. The fourth-order valence-electron chi connectivity index (χ4n) is 3.54. The lowest BCUT2D eigenvalue weighted by molar-refractivity contribution is -0.152. The zero-order valence-electron chi connectivity index (χ0n) is 13.0. The van der Waals surface area contributed by atoms with Crippen LogP contribution in [0, 0.1) is 11.8 Å². The highest BCUT2D eigenvalue weighted by molar-refractivity contribution is 5.97. The third-order valence-corrected chi connectivity index (χ3v) is 5.02. The Morgan fingerprint density at radius 1 is 1.25 bits per heavy atom. The molecule has 1 heterocycles. The van der Waals surface area contributed by atoms with Crippen molar-refractivity contribution in [2.45, 2.75) is 71.4 Å². The molecule has 0 radical (unpaired) electrons. The first kappa shape index (κ1) is 15.3. The van der Waals surface area contributed by atoms with E-state index in [1.807, 2.05) is 11.8 Å². The quantitative estimate of drug-likeness (QED) is 0.840. The molecule has 2 amide bonds. The predicted octanol–water partition coefficient (Wildman–Crippen LogP) is 2.33. The van der Waals surface area contributed by atoms with Gasteiger partial charge in [0.15, 0.2) is 0 Å². The van der Waals surface area contributed by atoms with Gasteiger partial charge in [0, 0.05) is 6.54 Å². The molecule has 4 nitrogen and oxygen atoms in total. The summed E-state index contributed by atoms with van der Waals surface area (Å²) in [5, 5.41) is 2.91. The Balaban J connectivity index is 2.17. The second kappa shape index (κ2) is 6.59. The van der Waals surface area contributed by atoms with Crippen LogP contribution in [-0.2, 0) is 9.59 Å². The second-order valence-corrected chi connectivity index (χ2v) is 6.44. The van der Waals surface area contributed by atoms with Crippen LogP contribution in [0.5, 0.6) is 0 Å². The standard InChI is InChI=1S/C16H28N2O2/c1-4-11(3)14-15(19)17-13(5-2)16(20)18(14)10-12-8-6-7-9-12/h11-14H,4-10H2,1-3H3,(H,17,19). The van der Waals surface area contributed by atoms with Crippen molar-refractivity contribution in [3.05, 3.63) is 0 Å². The summed E-state index contributed by atoms with van der Waals surface area (Å²) in [6, 6.07) is -0.583. The van der Waals surface area contributed by atoms with Crippen molar-refractivity contribution in [1.29, 1.82) is 0 Å². The minimum Gasteiger partial charge on any atom is -0.343 e. The minimum absolute atomic E-state index is 0.0452. The molecule has 20 heavy (non-hydrogen) atoms. The molecular formula is C16H28N2O2. The van der Waals surface area contributed by atoms with E-state index in [1.165, 1.54) is 25.7 Å². The van der Waals surface area contributed by atoms with Crippen LogP contribution in [0.25, 0.3) is 0 Å². The fraction of sp³-hybridized carbons (Fsp3) is 0.875. The largest absolute Gasteiger partial charge is 0.343 e. The normalized spacial score (nSPS) is 29.6. The van der Waals surface area contributed by atoms with Gasteiger partial charge in [-0.3, -0.25) is 9.59 Å². The van der Waals surface area contributed by atoms with E-state index in [-0.39, 0.29) is 29.8 Å². The molecule has 1 N–H and O–H groups in total. The Bertz CT molecular complexity index is 363. The molecule has 3 atom stereocenters. The summed E-state index contributed by atoms with van der Waals surface area (Å²) in [6.45, 7) is 6.89. The molecule has 1 saturated carbocycles. The zero-order chi connectivity index (χ0) is 14.7. The molecule has 4 heteroatoms. The molecule has 1 aliphatic carbocycles. The van der Waals surface area contributed by atoms with Gasteiger partial charge in [-0.2, -0.15) is 0 Å². The van der Waals surface area contributed by atoms with Gasteiger partial charge < -0.3 is 10.2 Å². The third kappa shape index (κ3) is 2.99. The lowest BCUT2D eigenvalue weighted by Crippen LogP contribution is -2.65. The van der Waals surface area contributed by atoms with Gasteiger partial charge in [-0.15, -0.1) is 0 Å². The van der Waals surface area contributed by atoms with Gasteiger partial charge in [-0.25, -0.2) is 0 Å². The van der Waals surface area contributed by atoms with Crippen molar-refractivity contribution in [2.24, 2.45) is 11.8 Å². The van der Waals surface area contributed by atoms with E-state index < -0.39 is 0 Å². The maximum Gasteiger partial charge on any atom is 0.245 e. The molecule has 3 unspecified atom stereocenters. The van der Waals surface area contributed by atoms with E-state index in [0.717, 1.165) is 13.0 Å². The van der Waals surface area contributed by atoms with Crippen molar-refractivity contribution < 1.29 is 9.59 Å². The first-order chi connectivity index (χ1) is 9.58. The van der Waals surface area contributed by atoms with E-state index >= 15 is 0 Å². The Morgan fingerprint density at radius 2 is 1.90 bits per heavy atom. The Labute approximate surface area is 122 Å². The number of carbonyl (C=O) groups excluding carboxylic acids is 2. The Hall–Kier alpha value is -1.06. The maximum absolute atomic E-state index is 12.6. The van der Waals surface area contributed by atoms with Crippen molar-refractivity contribution in [2.75, 3.05) is 6.54 Å². The molecule has 0 aromatic heterocycles. The lowest BCUT2D eigenvalue weighted by atomic mass is 9.91. The number of piperazine rings is 1. The van der Waals surface area contributed by atoms with Gasteiger partial charge in [0.25, 0.3) is 0 Å². The van der Waals surface area contributed by atoms with Crippen molar-refractivity contribution in [1.82, 2.24) is 10.2 Å². The Morgan fingerprint density at radius 3 is 2.45 bits per heavy atom. The van der Waals surface area contributed by atoms with Crippen LogP contribution in [0.15, 0.2) is 0 Å². The lowest BCUT2D eigenvalue weighted by Gasteiger charge is -2.42. The summed E-state index contributed by atoms with van der Waals surface area (Å²) < 4.78 is 0. The fourth-order valence-corrected chi connectivity index (χ4v) is 3.54.